The van der Waals surface area contributed by atoms with E-state index in [2.05, 4.69) is 10.7 Å². The van der Waals surface area contributed by atoms with Gasteiger partial charge in [0, 0.05) is 6.21 Å². The number of hydrogen-bond donors (Lipinski definition) is 1. The fourth-order valence-electron chi connectivity index (χ4n) is 0.127. The molecule has 2 amide bonds. The predicted molar refractivity (Wildman–Crippen MR) is 35.1 cm³/mol. The molecule has 0 unspecified atom stereocenters. The van der Waals surface area contributed by atoms with Crippen molar-refractivity contribution >= 4 is 12.2 Å². The van der Waals surface area contributed by atoms with Crippen molar-refractivity contribution in [2.45, 2.75) is 20.8 Å². The SMILES string of the molecule is CC.CC=NC(N)=O. The molecular weight excluding hydrogens is 104 g/mol. The molecule has 2 N–H and O–H groups in total. The molecule has 0 aliphatic heterocycles. The van der Waals surface area contributed by atoms with E-state index in [-0.39, 0.29) is 0 Å². The predicted octanol–water partition coefficient (Wildman–Crippen LogP) is 1.18. The standard InChI is InChI=1S/C3H6N2O.C2H6/c1-2-5-3(4)6;1-2/h2H,1H3,(H2,4,6);1-2H3. The minimum Gasteiger partial charge on any atom is -0.350 e. The molecule has 0 aromatic heterocycles. The number of carbonyl (C=O) groups excluding carboxylic acids is 1. The summed E-state index contributed by atoms with van der Waals surface area (Å²) in [5, 5.41) is 0. The summed E-state index contributed by atoms with van der Waals surface area (Å²) in [6, 6.07) is -0.641. The van der Waals surface area contributed by atoms with E-state index in [4.69, 9.17) is 0 Å². The second kappa shape index (κ2) is 9.46. The molecule has 0 atom stereocenters. The van der Waals surface area contributed by atoms with Crippen LogP contribution in [0.25, 0.3) is 0 Å². The van der Waals surface area contributed by atoms with Gasteiger partial charge in [0.1, 0.15) is 0 Å². The highest BCUT2D eigenvalue weighted by Crippen LogP contribution is 1.59. The maximum atomic E-state index is 9.62. The van der Waals surface area contributed by atoms with E-state index in [1.165, 1.54) is 6.21 Å². The van der Waals surface area contributed by atoms with Crippen molar-refractivity contribution in [3.8, 4) is 0 Å². The maximum Gasteiger partial charge on any atom is 0.337 e. The lowest BCUT2D eigenvalue weighted by atomic mass is 10.9. The molecule has 0 fully saturated rings. The Balaban J connectivity index is 0. The summed E-state index contributed by atoms with van der Waals surface area (Å²) in [5.41, 5.74) is 4.57. The fraction of sp³-hybridized carbons (Fsp3) is 0.600. The van der Waals surface area contributed by atoms with Crippen LogP contribution in [0.3, 0.4) is 0 Å². The summed E-state index contributed by atoms with van der Waals surface area (Å²) in [4.78, 5) is 12.8. The summed E-state index contributed by atoms with van der Waals surface area (Å²) in [7, 11) is 0. The van der Waals surface area contributed by atoms with Crippen molar-refractivity contribution in [2.75, 3.05) is 0 Å². The van der Waals surface area contributed by atoms with E-state index in [1.54, 1.807) is 6.92 Å². The summed E-state index contributed by atoms with van der Waals surface area (Å²) in [6.45, 7) is 5.63. The highest BCUT2D eigenvalue weighted by molar-refractivity contribution is 5.81. The van der Waals surface area contributed by atoms with Crippen LogP contribution in [-0.4, -0.2) is 12.2 Å². The number of urea groups is 1. The molecule has 0 saturated carbocycles. The summed E-state index contributed by atoms with van der Waals surface area (Å²) in [5.74, 6) is 0. The first-order valence-electron chi connectivity index (χ1n) is 2.55. The van der Waals surface area contributed by atoms with Gasteiger partial charge in [-0.05, 0) is 6.92 Å². The highest BCUT2D eigenvalue weighted by Gasteiger charge is 1.74. The molecule has 0 radical (unpaired) electrons. The van der Waals surface area contributed by atoms with Crippen molar-refractivity contribution in [1.82, 2.24) is 0 Å². The van der Waals surface area contributed by atoms with Gasteiger partial charge in [-0.15, -0.1) is 0 Å². The van der Waals surface area contributed by atoms with Crippen LogP contribution >= 0.6 is 0 Å². The molecule has 48 valence electrons. The average molecular weight is 116 g/mol. The quantitative estimate of drug-likeness (QED) is 0.475. The first kappa shape index (κ1) is 10.2. The molecule has 3 nitrogen and oxygen atoms in total. The molecule has 8 heavy (non-hydrogen) atoms. The maximum absolute atomic E-state index is 9.62. The normalized spacial score (nSPS) is 7.88. The van der Waals surface area contributed by atoms with Crippen LogP contribution in [0.2, 0.25) is 0 Å². The number of primary amides is 1. The largest absolute Gasteiger partial charge is 0.350 e. The monoisotopic (exact) mass is 116 g/mol. The van der Waals surface area contributed by atoms with Crippen LogP contribution in [0.1, 0.15) is 20.8 Å². The lowest BCUT2D eigenvalue weighted by Crippen LogP contribution is -2.02. The Morgan fingerprint density at radius 1 is 1.62 bits per heavy atom. The van der Waals surface area contributed by atoms with E-state index in [0.29, 0.717) is 0 Å². The number of amides is 2. The van der Waals surface area contributed by atoms with Crippen LogP contribution in [0.4, 0.5) is 4.79 Å². The zero-order valence-corrected chi connectivity index (χ0v) is 5.51. The smallest absolute Gasteiger partial charge is 0.337 e. The van der Waals surface area contributed by atoms with Gasteiger partial charge in [0.15, 0.2) is 0 Å². The molecule has 0 bridgehead atoms. The van der Waals surface area contributed by atoms with Crippen molar-refractivity contribution in [3.05, 3.63) is 0 Å². The Morgan fingerprint density at radius 2 is 2.00 bits per heavy atom. The van der Waals surface area contributed by atoms with Crippen LogP contribution in [0.15, 0.2) is 4.99 Å². The lowest BCUT2D eigenvalue weighted by molar-refractivity contribution is 0.257. The zero-order chi connectivity index (χ0) is 6.99. The van der Waals surface area contributed by atoms with Gasteiger partial charge < -0.3 is 5.73 Å². The molecule has 3 heteroatoms. The van der Waals surface area contributed by atoms with Gasteiger partial charge in [-0.25, -0.2) is 9.79 Å². The van der Waals surface area contributed by atoms with Crippen molar-refractivity contribution in [3.63, 3.8) is 0 Å². The van der Waals surface area contributed by atoms with Gasteiger partial charge in [-0.2, -0.15) is 0 Å². The second-order valence-electron chi connectivity index (χ2n) is 0.726. The number of nitrogens with two attached hydrogens (primary N) is 1. The highest BCUT2D eigenvalue weighted by atomic mass is 16.2. The number of rotatable bonds is 0. The van der Waals surface area contributed by atoms with Gasteiger partial charge >= 0.3 is 6.03 Å². The van der Waals surface area contributed by atoms with Crippen molar-refractivity contribution in [1.29, 1.82) is 0 Å². The topological polar surface area (TPSA) is 55.4 Å². The Kier molecular flexibility index (Phi) is 12.1. The van der Waals surface area contributed by atoms with Crippen LogP contribution in [0.5, 0.6) is 0 Å². The molecular formula is C5H12N2O. The van der Waals surface area contributed by atoms with Gasteiger partial charge in [-0.1, -0.05) is 13.8 Å². The molecule has 0 aromatic carbocycles. The number of hydrogen-bond acceptors (Lipinski definition) is 1. The van der Waals surface area contributed by atoms with Crippen molar-refractivity contribution in [2.24, 2.45) is 10.7 Å². The molecule has 0 aromatic rings. The third-order valence-corrected chi connectivity index (χ3v) is 0.256. The van der Waals surface area contributed by atoms with E-state index in [0.717, 1.165) is 0 Å². The van der Waals surface area contributed by atoms with E-state index in [9.17, 15) is 4.79 Å². The third kappa shape index (κ3) is 19.2. The summed E-state index contributed by atoms with van der Waals surface area (Å²) >= 11 is 0. The second-order valence-corrected chi connectivity index (χ2v) is 0.726. The van der Waals surface area contributed by atoms with Gasteiger partial charge in [0.2, 0.25) is 0 Å². The van der Waals surface area contributed by atoms with Gasteiger partial charge in [0.25, 0.3) is 0 Å². The van der Waals surface area contributed by atoms with E-state index in [1.807, 2.05) is 13.8 Å². The van der Waals surface area contributed by atoms with Crippen LogP contribution in [-0.2, 0) is 0 Å². The average Bonchev–Trinajstić information content (AvgIpc) is 1.72. The van der Waals surface area contributed by atoms with Gasteiger partial charge in [-0.3, -0.25) is 0 Å². The first-order valence-corrected chi connectivity index (χ1v) is 2.55. The minimum absolute atomic E-state index is 0.641. The van der Waals surface area contributed by atoms with Crippen molar-refractivity contribution < 1.29 is 4.79 Å². The molecule has 0 spiro atoms. The van der Waals surface area contributed by atoms with Crippen LogP contribution in [0, 0.1) is 0 Å². The Morgan fingerprint density at radius 3 is 2.00 bits per heavy atom. The summed E-state index contributed by atoms with van der Waals surface area (Å²) in [6.07, 6.45) is 1.35. The first-order chi connectivity index (χ1) is 3.77. The fourth-order valence-corrected chi connectivity index (χ4v) is 0.127. The van der Waals surface area contributed by atoms with E-state index >= 15 is 0 Å². The Labute approximate surface area is 49.6 Å². The lowest BCUT2D eigenvalue weighted by Gasteiger charge is -1.70. The number of aliphatic imine (C=N–C) groups is 1. The molecule has 0 rings (SSSR count). The molecule has 0 aliphatic carbocycles. The summed E-state index contributed by atoms with van der Waals surface area (Å²) < 4.78 is 0. The molecule has 0 aliphatic rings. The molecule has 0 saturated heterocycles. The van der Waals surface area contributed by atoms with Crippen LogP contribution < -0.4 is 5.73 Å². The number of nitrogens with zero attached hydrogens (tertiary/aromatic N) is 1. The zero-order valence-electron chi connectivity index (χ0n) is 5.51. The van der Waals surface area contributed by atoms with E-state index < -0.39 is 6.03 Å². The minimum atomic E-state index is -0.641. The molecule has 0 heterocycles. The Hall–Kier alpha value is -0.860. The third-order valence-electron chi connectivity index (χ3n) is 0.256. The Bertz CT molecular complexity index is 78.5. The number of carbonyl (C=O) groups is 1. The van der Waals surface area contributed by atoms with Gasteiger partial charge in [0.05, 0.1) is 0 Å².